The highest BCUT2D eigenvalue weighted by atomic mass is 35.5. The van der Waals surface area contributed by atoms with Crippen LogP contribution in [-0.4, -0.2) is 63.6 Å². The van der Waals surface area contributed by atoms with Crippen molar-refractivity contribution in [3.05, 3.63) is 82.5 Å². The number of thioether (sulfide) groups is 1. The van der Waals surface area contributed by atoms with Crippen LogP contribution < -0.4 is 23.7 Å². The number of benzene rings is 3. The quantitative estimate of drug-likeness (QED) is 0.0772. The van der Waals surface area contributed by atoms with Gasteiger partial charge < -0.3 is 28.4 Å². The van der Waals surface area contributed by atoms with E-state index in [1.54, 1.807) is 53.2 Å². The fraction of sp³-hybridized carbons (Fsp3) is 0.382. The van der Waals surface area contributed by atoms with Crippen molar-refractivity contribution in [2.75, 3.05) is 47.4 Å². The zero-order valence-corrected chi connectivity index (χ0v) is 27.8. The Hall–Kier alpha value is -3.57. The molecular formula is C34H40ClNO8S. The van der Waals surface area contributed by atoms with Crippen molar-refractivity contribution in [2.45, 2.75) is 43.1 Å². The van der Waals surface area contributed by atoms with Gasteiger partial charge in [-0.1, -0.05) is 30.7 Å². The van der Waals surface area contributed by atoms with E-state index < -0.39 is 5.91 Å². The van der Waals surface area contributed by atoms with Gasteiger partial charge in [-0.15, -0.1) is 11.8 Å². The molecule has 1 aliphatic heterocycles. The molecule has 1 aliphatic rings. The summed E-state index contributed by atoms with van der Waals surface area (Å²) in [5.74, 6) is 3.30. The summed E-state index contributed by atoms with van der Waals surface area (Å²) >= 11 is 7.68. The smallest absolute Gasteiger partial charge is 0.249 e. The van der Waals surface area contributed by atoms with E-state index in [2.05, 4.69) is 6.07 Å². The molecule has 0 aromatic heterocycles. The zero-order chi connectivity index (χ0) is 32.3. The van der Waals surface area contributed by atoms with Gasteiger partial charge >= 0.3 is 0 Å². The van der Waals surface area contributed by atoms with Crippen molar-refractivity contribution in [1.29, 1.82) is 0 Å². The third-order valence-corrected chi connectivity index (χ3v) is 8.68. The van der Waals surface area contributed by atoms with Crippen LogP contribution in [0.25, 0.3) is 0 Å². The first-order valence-corrected chi connectivity index (χ1v) is 16.0. The fourth-order valence-corrected chi connectivity index (χ4v) is 5.98. The van der Waals surface area contributed by atoms with E-state index >= 15 is 0 Å². The molecule has 2 unspecified atom stereocenters. The topological polar surface area (TPSA) is 95.9 Å². The molecule has 0 spiro atoms. The van der Waals surface area contributed by atoms with E-state index in [4.69, 9.17) is 40.0 Å². The lowest BCUT2D eigenvalue weighted by Crippen LogP contribution is -2.20. The summed E-state index contributed by atoms with van der Waals surface area (Å²) < 4.78 is 35.0. The van der Waals surface area contributed by atoms with Gasteiger partial charge in [-0.05, 0) is 66.4 Å². The van der Waals surface area contributed by atoms with E-state index in [0.717, 1.165) is 28.0 Å². The van der Waals surface area contributed by atoms with Gasteiger partial charge in [0, 0.05) is 39.8 Å². The highest BCUT2D eigenvalue weighted by molar-refractivity contribution is 7.99. The van der Waals surface area contributed by atoms with E-state index in [0.29, 0.717) is 64.2 Å². The number of ether oxygens (including phenoxy) is 6. The molecule has 1 fully saturated rings. The lowest BCUT2D eigenvalue weighted by Gasteiger charge is -2.19. The third-order valence-electron chi connectivity index (χ3n) is 7.46. The van der Waals surface area contributed by atoms with Crippen molar-refractivity contribution < 1.29 is 38.4 Å². The molecule has 3 aromatic rings. The van der Waals surface area contributed by atoms with E-state index in [9.17, 15) is 10.0 Å². The van der Waals surface area contributed by atoms with Gasteiger partial charge in [-0.2, -0.15) is 5.06 Å². The van der Waals surface area contributed by atoms with Gasteiger partial charge in [-0.25, -0.2) is 0 Å². The number of amides is 1. The molecule has 4 rings (SSSR count). The van der Waals surface area contributed by atoms with Crippen LogP contribution in [0.1, 0.15) is 48.5 Å². The average Bonchev–Trinajstić information content (AvgIpc) is 3.57. The maximum Gasteiger partial charge on any atom is 0.249 e. The summed E-state index contributed by atoms with van der Waals surface area (Å²) in [7, 11) is 6.38. The van der Waals surface area contributed by atoms with Crippen LogP contribution in [0, 0.1) is 0 Å². The molecule has 0 saturated carbocycles. The number of halogens is 1. The van der Waals surface area contributed by atoms with Crippen LogP contribution in [0.5, 0.6) is 28.7 Å². The number of hydrogen-bond acceptors (Lipinski definition) is 9. The van der Waals surface area contributed by atoms with Crippen LogP contribution in [0.3, 0.4) is 0 Å². The van der Waals surface area contributed by atoms with Crippen molar-refractivity contribution in [3.63, 3.8) is 0 Å². The Kier molecular flexibility index (Phi) is 12.7. The van der Waals surface area contributed by atoms with Gasteiger partial charge in [0.2, 0.25) is 11.7 Å². The second-order valence-corrected chi connectivity index (χ2v) is 11.9. The van der Waals surface area contributed by atoms with Crippen LogP contribution in [0.2, 0.25) is 5.02 Å². The molecule has 9 nitrogen and oxygen atoms in total. The Balaban J connectivity index is 1.56. The minimum Gasteiger partial charge on any atom is -0.493 e. The molecule has 1 heterocycles. The Morgan fingerprint density at radius 2 is 1.62 bits per heavy atom. The molecule has 3 aromatic carbocycles. The molecule has 1 amide bonds. The van der Waals surface area contributed by atoms with Crippen LogP contribution in [0.15, 0.2) is 65.7 Å². The summed E-state index contributed by atoms with van der Waals surface area (Å²) in [6.07, 6.45) is 4.24. The second-order valence-electron chi connectivity index (χ2n) is 10.3. The van der Waals surface area contributed by atoms with Crippen LogP contribution in [0.4, 0.5) is 0 Å². The highest BCUT2D eigenvalue weighted by Gasteiger charge is 2.31. The van der Waals surface area contributed by atoms with Crippen molar-refractivity contribution >= 4 is 29.3 Å². The summed E-state index contributed by atoms with van der Waals surface area (Å²) in [4.78, 5) is 13.0. The lowest BCUT2D eigenvalue weighted by atomic mass is 9.91. The largest absolute Gasteiger partial charge is 0.493 e. The number of methoxy groups -OCH3 is 4. The van der Waals surface area contributed by atoms with Gasteiger partial charge in [0.15, 0.2) is 23.0 Å². The fourth-order valence-electron chi connectivity index (χ4n) is 5.12. The summed E-state index contributed by atoms with van der Waals surface area (Å²) in [5, 5.41) is 11.3. The number of hydroxylamine groups is 2. The third kappa shape index (κ3) is 8.79. The van der Waals surface area contributed by atoms with E-state index in [1.807, 2.05) is 42.5 Å². The average molecular weight is 658 g/mol. The predicted molar refractivity (Wildman–Crippen MR) is 175 cm³/mol. The maximum absolute atomic E-state index is 11.9. The molecule has 242 valence electrons. The van der Waals surface area contributed by atoms with Crippen molar-refractivity contribution in [3.8, 4) is 28.7 Å². The number of carbonyl (C=O) groups is 1. The van der Waals surface area contributed by atoms with Gasteiger partial charge in [-0.3, -0.25) is 10.0 Å². The lowest BCUT2D eigenvalue weighted by molar-refractivity contribution is -0.153. The normalized spacial score (nSPS) is 16.1. The Morgan fingerprint density at radius 1 is 0.978 bits per heavy atom. The molecule has 1 saturated heterocycles. The SMILES string of the molecule is CCC(=O)N(O)C=CCc1cc(C2COC(c3cc(OC)c(OC)c(OC)c3)C2)cc(OC)c1OCCSc1ccc(Cl)cc1. The van der Waals surface area contributed by atoms with Crippen molar-refractivity contribution in [2.24, 2.45) is 0 Å². The molecule has 1 N–H and O–H groups in total. The molecule has 0 radical (unpaired) electrons. The monoisotopic (exact) mass is 657 g/mol. The molecule has 11 heteroatoms. The molecule has 45 heavy (non-hydrogen) atoms. The highest BCUT2D eigenvalue weighted by Crippen LogP contribution is 2.46. The van der Waals surface area contributed by atoms with Gasteiger partial charge in [0.1, 0.15) is 0 Å². The number of hydrogen-bond donors (Lipinski definition) is 1. The molecule has 2 atom stereocenters. The van der Waals surface area contributed by atoms with E-state index in [-0.39, 0.29) is 18.4 Å². The number of carbonyl (C=O) groups excluding carboxylic acids is 1. The summed E-state index contributed by atoms with van der Waals surface area (Å²) in [6.45, 7) is 2.64. The maximum atomic E-state index is 11.9. The van der Waals surface area contributed by atoms with Crippen LogP contribution >= 0.6 is 23.4 Å². The summed E-state index contributed by atoms with van der Waals surface area (Å²) in [5.41, 5.74) is 2.84. The van der Waals surface area contributed by atoms with Crippen molar-refractivity contribution in [1.82, 2.24) is 5.06 Å². The molecule has 0 aliphatic carbocycles. The minimum atomic E-state index is -0.394. The Morgan fingerprint density at radius 3 is 2.24 bits per heavy atom. The first kappa shape index (κ1) is 34.3. The first-order valence-electron chi connectivity index (χ1n) is 14.6. The Bertz CT molecular complexity index is 1440. The number of allylic oxidation sites excluding steroid dienone is 1. The van der Waals surface area contributed by atoms with Gasteiger partial charge in [0.05, 0.1) is 47.8 Å². The first-order chi connectivity index (χ1) is 21.8. The van der Waals surface area contributed by atoms with Gasteiger partial charge in [0.25, 0.3) is 0 Å². The summed E-state index contributed by atoms with van der Waals surface area (Å²) in [6, 6.07) is 15.6. The number of nitrogens with zero attached hydrogens (tertiary/aromatic N) is 1. The zero-order valence-electron chi connectivity index (χ0n) is 26.2. The second kappa shape index (κ2) is 16.7. The van der Waals surface area contributed by atoms with Crippen LogP contribution in [-0.2, 0) is 16.0 Å². The van der Waals surface area contributed by atoms with E-state index in [1.165, 1.54) is 6.20 Å². The number of rotatable bonds is 15. The molecular weight excluding hydrogens is 618 g/mol. The standard InChI is InChI=1S/C34H40ClNO8S/c1-6-32(37)36(38)13-7-8-22-16-23(17-29(39-2)33(22)43-14-15-45-27-11-9-26(35)10-12-27)25-20-28(44-21-25)24-18-30(40-3)34(42-5)31(19-24)41-4/h7,9-13,16-19,25,28,38H,6,8,14-15,20-21H2,1-5H3. The Labute approximate surface area is 273 Å². The molecule has 0 bridgehead atoms. The minimum absolute atomic E-state index is 0.0799. The predicted octanol–water partition coefficient (Wildman–Crippen LogP) is 7.47.